The molecule has 228 valence electrons. The minimum absolute atomic E-state index is 0.906. The summed E-state index contributed by atoms with van der Waals surface area (Å²) in [5.74, 6) is 0. The molecule has 0 bridgehead atoms. The van der Waals surface area contributed by atoms with Crippen molar-refractivity contribution in [2.45, 2.75) is 0 Å². The number of hydrogen-bond acceptors (Lipinski definition) is 3. The van der Waals surface area contributed by atoms with E-state index in [1.807, 2.05) is 17.4 Å². The highest BCUT2D eigenvalue weighted by molar-refractivity contribution is 7.26. The average Bonchev–Trinajstić information content (AvgIpc) is 3.83. The van der Waals surface area contributed by atoms with E-state index in [0.717, 1.165) is 55.3 Å². The van der Waals surface area contributed by atoms with E-state index in [2.05, 4.69) is 156 Å². The molecular weight excluding hydrogens is 617 g/mol. The molecule has 0 unspecified atom stereocenters. The fraction of sp³-hybridized carbons (Fsp3) is 0. The van der Waals surface area contributed by atoms with Gasteiger partial charge in [0.2, 0.25) is 0 Å². The molecule has 0 aliphatic heterocycles. The molecule has 4 heterocycles. The highest BCUT2D eigenvalue weighted by Crippen LogP contribution is 2.44. The standard InChI is InChI=1S/C45H26N2OS/c1-5-19-37-35(17-1)41(45-42(46-37)36-18-4-8-22-40(36)49-45)29-13-9-11-27(25-29)28-12-10-14-30(26-28)47-38-20-6-2-15-31(38)33-23-24-34-32-16-3-7-21-39(32)48-44(34)43(33)47/h1-26H. The summed E-state index contributed by atoms with van der Waals surface area (Å²) in [6.45, 7) is 0. The van der Waals surface area contributed by atoms with Crippen LogP contribution in [0.1, 0.15) is 0 Å². The van der Waals surface area contributed by atoms with Crippen LogP contribution in [-0.4, -0.2) is 9.55 Å². The van der Waals surface area contributed by atoms with Crippen LogP contribution in [0.3, 0.4) is 0 Å². The van der Waals surface area contributed by atoms with Gasteiger partial charge in [-0.1, -0.05) is 109 Å². The Hall–Kier alpha value is -6.23. The number of rotatable bonds is 3. The molecule has 0 aliphatic rings. The smallest absolute Gasteiger partial charge is 0.160 e. The molecule has 3 nitrogen and oxygen atoms in total. The maximum absolute atomic E-state index is 6.60. The number of para-hydroxylation sites is 3. The topological polar surface area (TPSA) is 31.0 Å². The Bertz CT molecular complexity index is 3120. The summed E-state index contributed by atoms with van der Waals surface area (Å²) in [6, 6.07) is 56.5. The first kappa shape index (κ1) is 26.8. The van der Waals surface area contributed by atoms with Crippen LogP contribution in [0.2, 0.25) is 0 Å². The fourth-order valence-electron chi connectivity index (χ4n) is 7.80. The number of benzene rings is 7. The van der Waals surface area contributed by atoms with Gasteiger partial charge in [0.25, 0.3) is 0 Å². The van der Waals surface area contributed by atoms with E-state index >= 15 is 0 Å². The van der Waals surface area contributed by atoms with Crippen LogP contribution >= 0.6 is 11.3 Å². The lowest BCUT2D eigenvalue weighted by molar-refractivity contribution is 0.671. The molecule has 0 spiro atoms. The van der Waals surface area contributed by atoms with E-state index in [-0.39, 0.29) is 0 Å². The Morgan fingerprint density at radius 3 is 2.12 bits per heavy atom. The summed E-state index contributed by atoms with van der Waals surface area (Å²) in [5.41, 5.74) is 12.0. The lowest BCUT2D eigenvalue weighted by atomic mass is 9.96. The number of thiophene rings is 1. The van der Waals surface area contributed by atoms with E-state index < -0.39 is 0 Å². The zero-order chi connectivity index (χ0) is 32.1. The number of nitrogens with zero attached hydrogens (tertiary/aromatic N) is 2. The number of pyridine rings is 1. The van der Waals surface area contributed by atoms with Crippen molar-refractivity contribution < 1.29 is 4.42 Å². The highest BCUT2D eigenvalue weighted by Gasteiger charge is 2.20. The zero-order valence-corrected chi connectivity index (χ0v) is 27.0. The molecule has 0 saturated carbocycles. The Morgan fingerprint density at radius 2 is 1.20 bits per heavy atom. The fourth-order valence-corrected chi connectivity index (χ4v) is 9.03. The molecule has 49 heavy (non-hydrogen) atoms. The largest absolute Gasteiger partial charge is 0.454 e. The van der Waals surface area contributed by atoms with E-state index in [0.29, 0.717) is 0 Å². The molecule has 4 heteroatoms. The Balaban J connectivity index is 1.14. The van der Waals surface area contributed by atoms with Gasteiger partial charge in [0, 0.05) is 48.3 Å². The van der Waals surface area contributed by atoms with Gasteiger partial charge in [0.1, 0.15) is 5.58 Å². The van der Waals surface area contributed by atoms with Crippen LogP contribution in [0.15, 0.2) is 162 Å². The number of hydrogen-bond donors (Lipinski definition) is 0. The van der Waals surface area contributed by atoms with Crippen molar-refractivity contribution >= 4 is 86.3 Å². The van der Waals surface area contributed by atoms with Gasteiger partial charge < -0.3 is 8.98 Å². The first-order valence-corrected chi connectivity index (χ1v) is 17.4. The molecule has 0 amide bonds. The Labute approximate surface area is 284 Å². The van der Waals surface area contributed by atoms with Crippen molar-refractivity contribution in [1.82, 2.24) is 9.55 Å². The summed E-state index contributed by atoms with van der Waals surface area (Å²) < 4.78 is 11.5. The van der Waals surface area contributed by atoms with Crippen LogP contribution in [0.25, 0.3) is 103 Å². The van der Waals surface area contributed by atoms with Crippen LogP contribution in [0.5, 0.6) is 0 Å². The van der Waals surface area contributed by atoms with Crippen molar-refractivity contribution in [3.8, 4) is 27.9 Å². The lowest BCUT2D eigenvalue weighted by Gasteiger charge is -2.13. The predicted molar refractivity (Wildman–Crippen MR) is 207 cm³/mol. The molecular formula is C45H26N2OS. The third-order valence-electron chi connectivity index (χ3n) is 9.97. The average molecular weight is 643 g/mol. The molecule has 0 atom stereocenters. The van der Waals surface area contributed by atoms with Crippen molar-refractivity contribution in [1.29, 1.82) is 0 Å². The third kappa shape index (κ3) is 3.86. The van der Waals surface area contributed by atoms with Crippen molar-refractivity contribution in [3.63, 3.8) is 0 Å². The van der Waals surface area contributed by atoms with E-state index in [9.17, 15) is 0 Å². The molecule has 0 saturated heterocycles. The zero-order valence-electron chi connectivity index (χ0n) is 26.2. The van der Waals surface area contributed by atoms with E-state index in [1.165, 1.54) is 47.6 Å². The second-order valence-corrected chi connectivity index (χ2v) is 13.8. The van der Waals surface area contributed by atoms with Gasteiger partial charge in [-0.25, -0.2) is 4.98 Å². The van der Waals surface area contributed by atoms with Crippen LogP contribution in [0.4, 0.5) is 0 Å². The van der Waals surface area contributed by atoms with Gasteiger partial charge in [-0.05, 0) is 65.2 Å². The van der Waals surface area contributed by atoms with Gasteiger partial charge in [-0.15, -0.1) is 11.3 Å². The van der Waals surface area contributed by atoms with E-state index in [1.54, 1.807) is 0 Å². The van der Waals surface area contributed by atoms with Gasteiger partial charge in [-0.3, -0.25) is 0 Å². The second-order valence-electron chi connectivity index (χ2n) is 12.7. The molecule has 7 aromatic carbocycles. The summed E-state index contributed by atoms with van der Waals surface area (Å²) in [7, 11) is 0. The number of furan rings is 1. The van der Waals surface area contributed by atoms with Crippen LogP contribution in [-0.2, 0) is 0 Å². The number of aromatic nitrogens is 2. The molecule has 0 N–H and O–H groups in total. The van der Waals surface area contributed by atoms with Gasteiger partial charge in [0.15, 0.2) is 5.58 Å². The molecule has 4 aromatic heterocycles. The Kier molecular flexibility index (Phi) is 5.54. The summed E-state index contributed by atoms with van der Waals surface area (Å²) in [6.07, 6.45) is 0. The normalized spacial score (nSPS) is 12.1. The van der Waals surface area contributed by atoms with E-state index in [4.69, 9.17) is 9.40 Å². The molecule has 0 radical (unpaired) electrons. The summed E-state index contributed by atoms with van der Waals surface area (Å²) in [5, 5.41) is 7.05. The van der Waals surface area contributed by atoms with Gasteiger partial charge >= 0.3 is 0 Å². The quantitative estimate of drug-likeness (QED) is 0.192. The first-order valence-electron chi connectivity index (χ1n) is 16.5. The molecule has 0 fully saturated rings. The van der Waals surface area contributed by atoms with Crippen molar-refractivity contribution in [2.75, 3.05) is 0 Å². The third-order valence-corrected chi connectivity index (χ3v) is 11.1. The minimum atomic E-state index is 0.906. The summed E-state index contributed by atoms with van der Waals surface area (Å²) >= 11 is 1.83. The number of fused-ring (bicyclic) bond motifs is 11. The second kappa shape index (κ2) is 10.1. The van der Waals surface area contributed by atoms with Crippen molar-refractivity contribution in [2.24, 2.45) is 0 Å². The maximum Gasteiger partial charge on any atom is 0.160 e. The maximum atomic E-state index is 6.60. The van der Waals surface area contributed by atoms with Gasteiger partial charge in [-0.2, -0.15) is 0 Å². The van der Waals surface area contributed by atoms with Crippen molar-refractivity contribution in [3.05, 3.63) is 158 Å². The predicted octanol–water partition coefficient (Wildman–Crippen LogP) is 12.9. The van der Waals surface area contributed by atoms with Gasteiger partial charge in [0.05, 0.1) is 26.8 Å². The Morgan fingerprint density at radius 1 is 0.510 bits per heavy atom. The van der Waals surface area contributed by atoms with Crippen LogP contribution < -0.4 is 0 Å². The van der Waals surface area contributed by atoms with Crippen LogP contribution in [0, 0.1) is 0 Å². The highest BCUT2D eigenvalue weighted by atomic mass is 32.1. The molecule has 11 aromatic rings. The molecule has 11 rings (SSSR count). The monoisotopic (exact) mass is 642 g/mol. The SMILES string of the molecule is c1cc(-c2cccc(-n3c4ccccc4c4ccc5c6ccccc6oc5c43)c2)cc(-c2c3ccccc3nc3c2sc2ccccc23)c1. The minimum Gasteiger partial charge on any atom is -0.454 e. The first-order chi connectivity index (χ1) is 24.3. The lowest BCUT2D eigenvalue weighted by Crippen LogP contribution is -1.94. The molecule has 0 aliphatic carbocycles. The summed E-state index contributed by atoms with van der Waals surface area (Å²) in [4.78, 5) is 5.16.